The predicted molar refractivity (Wildman–Crippen MR) is 76.7 cm³/mol. The van der Waals surface area contributed by atoms with E-state index in [1.807, 2.05) is 12.1 Å². The van der Waals surface area contributed by atoms with Gasteiger partial charge in [0.1, 0.15) is 16.9 Å². The third kappa shape index (κ3) is 3.78. The van der Waals surface area contributed by atoms with E-state index in [1.54, 1.807) is 6.07 Å². The molecule has 1 N–H and O–H groups in total. The molecule has 0 spiro atoms. The van der Waals surface area contributed by atoms with Crippen molar-refractivity contribution in [3.63, 3.8) is 0 Å². The van der Waals surface area contributed by atoms with Gasteiger partial charge in [-0.15, -0.1) is 0 Å². The van der Waals surface area contributed by atoms with Crippen LogP contribution in [0.4, 0.5) is 0 Å². The summed E-state index contributed by atoms with van der Waals surface area (Å²) in [5.41, 5.74) is 0. The second-order valence-electron chi connectivity index (χ2n) is 5.13. The molecule has 100 valence electrons. The van der Waals surface area contributed by atoms with Gasteiger partial charge in [0.15, 0.2) is 0 Å². The molecule has 1 aliphatic rings. The largest absolute Gasteiger partial charge is 0.487 e. The third-order valence-corrected chi connectivity index (χ3v) is 3.92. The molecule has 0 saturated heterocycles. The van der Waals surface area contributed by atoms with Crippen molar-refractivity contribution >= 4 is 23.2 Å². The number of hydrogen-bond donors (Lipinski definition) is 1. The maximum Gasteiger partial charge on any atom is 0.139 e. The van der Waals surface area contributed by atoms with Crippen molar-refractivity contribution in [2.45, 2.75) is 38.8 Å². The minimum absolute atomic E-state index is 0.113. The van der Waals surface area contributed by atoms with Crippen LogP contribution in [0, 0.1) is 5.92 Å². The summed E-state index contributed by atoms with van der Waals surface area (Å²) in [5.74, 6) is 1.09. The van der Waals surface area contributed by atoms with Gasteiger partial charge in [-0.05, 0) is 30.9 Å². The Labute approximate surface area is 119 Å². The average molecular weight is 288 g/mol. The van der Waals surface area contributed by atoms with Crippen molar-refractivity contribution in [1.82, 2.24) is 5.32 Å². The summed E-state index contributed by atoms with van der Waals surface area (Å²) in [5, 5.41) is 4.52. The van der Waals surface area contributed by atoms with Crippen LogP contribution in [0.15, 0.2) is 18.2 Å². The standard InChI is InChI=1S/C14H19Cl2NO/c1-9(2)13(8-17-10-6-7-10)18-12-5-3-4-11(15)14(12)16/h3-5,9-10,13,17H,6-8H2,1-2H3. The van der Waals surface area contributed by atoms with Crippen molar-refractivity contribution in [2.24, 2.45) is 5.92 Å². The molecule has 2 rings (SSSR count). The number of nitrogens with one attached hydrogen (secondary N) is 1. The molecule has 0 aromatic heterocycles. The van der Waals surface area contributed by atoms with Gasteiger partial charge in [0.2, 0.25) is 0 Å². The molecule has 0 radical (unpaired) electrons. The zero-order valence-corrected chi connectivity index (χ0v) is 12.3. The van der Waals surface area contributed by atoms with E-state index >= 15 is 0 Å². The highest BCUT2D eigenvalue weighted by Crippen LogP contribution is 2.32. The summed E-state index contributed by atoms with van der Waals surface area (Å²) in [6.45, 7) is 5.15. The van der Waals surface area contributed by atoms with Crippen molar-refractivity contribution in [3.05, 3.63) is 28.2 Å². The number of hydrogen-bond acceptors (Lipinski definition) is 2. The van der Waals surface area contributed by atoms with E-state index < -0.39 is 0 Å². The highest BCUT2D eigenvalue weighted by Gasteiger charge is 2.24. The maximum absolute atomic E-state index is 6.14. The van der Waals surface area contributed by atoms with Crippen LogP contribution in [-0.2, 0) is 0 Å². The molecule has 0 bridgehead atoms. The first kappa shape index (κ1) is 14.0. The SMILES string of the molecule is CC(C)C(CNC1CC1)Oc1cccc(Cl)c1Cl. The van der Waals surface area contributed by atoms with E-state index in [4.69, 9.17) is 27.9 Å². The van der Waals surface area contributed by atoms with Crippen LogP contribution in [0.25, 0.3) is 0 Å². The van der Waals surface area contributed by atoms with Crippen LogP contribution >= 0.6 is 23.2 Å². The fraction of sp³-hybridized carbons (Fsp3) is 0.571. The first-order valence-electron chi connectivity index (χ1n) is 6.42. The highest BCUT2D eigenvalue weighted by atomic mass is 35.5. The summed E-state index contributed by atoms with van der Waals surface area (Å²) in [4.78, 5) is 0. The molecule has 1 unspecified atom stereocenters. The lowest BCUT2D eigenvalue weighted by molar-refractivity contribution is 0.148. The molecule has 4 heteroatoms. The molecule has 2 nitrogen and oxygen atoms in total. The van der Waals surface area contributed by atoms with Crippen LogP contribution < -0.4 is 10.1 Å². The van der Waals surface area contributed by atoms with E-state index in [-0.39, 0.29) is 6.10 Å². The van der Waals surface area contributed by atoms with E-state index in [0.717, 1.165) is 6.54 Å². The molecule has 1 aromatic rings. The second kappa shape index (κ2) is 6.14. The van der Waals surface area contributed by atoms with Gasteiger partial charge in [0, 0.05) is 12.6 Å². The Hall–Kier alpha value is -0.440. The lowest BCUT2D eigenvalue weighted by Gasteiger charge is -2.23. The zero-order chi connectivity index (χ0) is 13.1. The summed E-state index contributed by atoms with van der Waals surface area (Å²) in [7, 11) is 0. The van der Waals surface area contributed by atoms with Crippen LogP contribution in [0.3, 0.4) is 0 Å². The summed E-state index contributed by atoms with van der Waals surface area (Å²) < 4.78 is 5.99. The van der Waals surface area contributed by atoms with Crippen molar-refractivity contribution in [1.29, 1.82) is 0 Å². The Kier molecular flexibility index (Phi) is 4.77. The zero-order valence-electron chi connectivity index (χ0n) is 10.7. The Morgan fingerprint density at radius 2 is 2.06 bits per heavy atom. The van der Waals surface area contributed by atoms with Gasteiger partial charge in [-0.1, -0.05) is 43.1 Å². The van der Waals surface area contributed by atoms with Gasteiger partial charge in [-0.3, -0.25) is 0 Å². The molecule has 1 aliphatic carbocycles. The van der Waals surface area contributed by atoms with Crippen LogP contribution in [0.2, 0.25) is 10.0 Å². The minimum atomic E-state index is 0.113. The number of ether oxygens (including phenoxy) is 1. The molecule has 0 aliphatic heterocycles. The second-order valence-corrected chi connectivity index (χ2v) is 5.92. The smallest absolute Gasteiger partial charge is 0.139 e. The van der Waals surface area contributed by atoms with Gasteiger partial charge < -0.3 is 10.1 Å². The number of benzene rings is 1. The molecule has 18 heavy (non-hydrogen) atoms. The summed E-state index contributed by atoms with van der Waals surface area (Å²) in [6.07, 6.45) is 2.67. The summed E-state index contributed by atoms with van der Waals surface area (Å²) in [6, 6.07) is 6.17. The monoisotopic (exact) mass is 287 g/mol. The van der Waals surface area contributed by atoms with Gasteiger partial charge in [-0.2, -0.15) is 0 Å². The minimum Gasteiger partial charge on any atom is -0.487 e. The Balaban J connectivity index is 2.00. The van der Waals surface area contributed by atoms with Gasteiger partial charge in [0.05, 0.1) is 5.02 Å². The van der Waals surface area contributed by atoms with Crippen molar-refractivity contribution in [2.75, 3.05) is 6.54 Å². The molecular weight excluding hydrogens is 269 g/mol. The number of rotatable bonds is 6. The predicted octanol–water partition coefficient (Wildman–Crippen LogP) is 4.15. The van der Waals surface area contributed by atoms with Gasteiger partial charge >= 0.3 is 0 Å². The quantitative estimate of drug-likeness (QED) is 0.849. The highest BCUT2D eigenvalue weighted by molar-refractivity contribution is 6.42. The fourth-order valence-corrected chi connectivity index (χ4v) is 2.06. The van der Waals surface area contributed by atoms with E-state index in [1.165, 1.54) is 12.8 Å². The van der Waals surface area contributed by atoms with E-state index in [2.05, 4.69) is 19.2 Å². The van der Waals surface area contributed by atoms with E-state index in [9.17, 15) is 0 Å². The van der Waals surface area contributed by atoms with Crippen molar-refractivity contribution in [3.8, 4) is 5.75 Å². The third-order valence-electron chi connectivity index (χ3n) is 3.12. The lowest BCUT2D eigenvalue weighted by atomic mass is 10.1. The molecule has 1 saturated carbocycles. The Morgan fingerprint density at radius 1 is 1.33 bits per heavy atom. The van der Waals surface area contributed by atoms with E-state index in [0.29, 0.717) is 27.8 Å². The lowest BCUT2D eigenvalue weighted by Crippen LogP contribution is -2.36. The fourth-order valence-electron chi connectivity index (χ4n) is 1.72. The average Bonchev–Trinajstić information content (AvgIpc) is 3.13. The number of halogens is 2. The topological polar surface area (TPSA) is 21.3 Å². The first-order chi connectivity index (χ1) is 8.58. The van der Waals surface area contributed by atoms with Crippen LogP contribution in [0.1, 0.15) is 26.7 Å². The molecule has 1 atom stereocenters. The normalized spacial score (nSPS) is 16.9. The molecular formula is C14H19Cl2NO. The van der Waals surface area contributed by atoms with Crippen LogP contribution in [0.5, 0.6) is 5.75 Å². The first-order valence-corrected chi connectivity index (χ1v) is 7.17. The van der Waals surface area contributed by atoms with Crippen molar-refractivity contribution < 1.29 is 4.74 Å². The molecule has 1 fully saturated rings. The van der Waals surface area contributed by atoms with Gasteiger partial charge in [0.25, 0.3) is 0 Å². The van der Waals surface area contributed by atoms with Gasteiger partial charge in [-0.25, -0.2) is 0 Å². The summed E-state index contributed by atoms with van der Waals surface area (Å²) >= 11 is 12.1. The molecule has 0 heterocycles. The Morgan fingerprint density at radius 3 is 2.67 bits per heavy atom. The maximum atomic E-state index is 6.14. The molecule has 0 amide bonds. The van der Waals surface area contributed by atoms with Crippen LogP contribution in [-0.4, -0.2) is 18.7 Å². The Bertz CT molecular complexity index is 405. The molecule has 1 aromatic carbocycles.